The van der Waals surface area contributed by atoms with Gasteiger partial charge in [0.15, 0.2) is 11.5 Å². The van der Waals surface area contributed by atoms with Crippen LogP contribution >= 0.6 is 0 Å². The minimum absolute atomic E-state index is 0.0867. The Bertz CT molecular complexity index is 981. The number of hydrogen-bond donors (Lipinski definition) is 1. The molecule has 0 radical (unpaired) electrons. The maximum atomic E-state index is 11.8. The number of fused-ring (bicyclic) bond motifs is 2. The summed E-state index contributed by atoms with van der Waals surface area (Å²) in [5, 5.41) is 4.21. The molecule has 3 aromatic rings. The second-order valence-corrected chi connectivity index (χ2v) is 6.08. The fraction of sp³-hybridized carbons (Fsp3) is 0.250. The highest BCUT2D eigenvalue weighted by Gasteiger charge is 2.20. The van der Waals surface area contributed by atoms with Gasteiger partial charge in [-0.1, -0.05) is 12.1 Å². The molecule has 0 saturated carbocycles. The van der Waals surface area contributed by atoms with Crippen molar-refractivity contribution in [3.63, 3.8) is 0 Å². The molecule has 0 saturated heterocycles. The van der Waals surface area contributed by atoms with E-state index in [9.17, 15) is 4.79 Å². The summed E-state index contributed by atoms with van der Waals surface area (Å²) in [4.78, 5) is 11.8. The summed E-state index contributed by atoms with van der Waals surface area (Å²) in [6.07, 6.45) is -0.0867. The van der Waals surface area contributed by atoms with E-state index in [-0.39, 0.29) is 11.7 Å². The van der Waals surface area contributed by atoms with E-state index in [1.165, 1.54) is 6.07 Å². The Hall–Kier alpha value is -2.99. The summed E-state index contributed by atoms with van der Waals surface area (Å²) in [6.45, 7) is 1.61. The fourth-order valence-electron chi connectivity index (χ4n) is 3.01. The van der Waals surface area contributed by atoms with E-state index in [1.54, 1.807) is 13.2 Å². The van der Waals surface area contributed by atoms with Gasteiger partial charge < -0.3 is 23.9 Å². The number of benzene rings is 2. The van der Waals surface area contributed by atoms with Crippen LogP contribution < -0.4 is 25.2 Å². The second-order valence-electron chi connectivity index (χ2n) is 6.08. The van der Waals surface area contributed by atoms with Gasteiger partial charge >= 0.3 is 5.63 Å². The Balaban J connectivity index is 1.44. The first-order valence-corrected chi connectivity index (χ1v) is 8.43. The molecule has 2 aromatic carbocycles. The first-order valence-electron chi connectivity index (χ1n) is 8.43. The quantitative estimate of drug-likeness (QED) is 0.711. The molecule has 0 fully saturated rings. The molecule has 6 heteroatoms. The molecule has 0 unspecified atom stereocenters. The summed E-state index contributed by atoms with van der Waals surface area (Å²) in [5.74, 6) is 2.17. The number of methoxy groups -OCH3 is 1. The summed E-state index contributed by atoms with van der Waals surface area (Å²) >= 11 is 0. The van der Waals surface area contributed by atoms with Crippen LogP contribution in [0.3, 0.4) is 0 Å². The molecule has 1 aliphatic heterocycles. The van der Waals surface area contributed by atoms with Gasteiger partial charge in [-0.15, -0.1) is 0 Å². The predicted molar refractivity (Wildman–Crippen MR) is 97.1 cm³/mol. The first-order chi connectivity index (χ1) is 12.7. The van der Waals surface area contributed by atoms with Crippen LogP contribution in [0.25, 0.3) is 11.0 Å². The first kappa shape index (κ1) is 16.5. The highest BCUT2D eigenvalue weighted by molar-refractivity contribution is 5.81. The van der Waals surface area contributed by atoms with E-state index in [0.29, 0.717) is 31.0 Å². The molecule has 0 spiro atoms. The molecule has 2 heterocycles. The average molecular weight is 353 g/mol. The van der Waals surface area contributed by atoms with Crippen LogP contribution in [0.1, 0.15) is 5.56 Å². The van der Waals surface area contributed by atoms with E-state index in [0.717, 1.165) is 22.4 Å². The Kier molecular flexibility index (Phi) is 4.50. The van der Waals surface area contributed by atoms with Crippen molar-refractivity contribution in [3.8, 4) is 17.2 Å². The monoisotopic (exact) mass is 353 g/mol. The zero-order valence-corrected chi connectivity index (χ0v) is 14.4. The van der Waals surface area contributed by atoms with Crippen LogP contribution in [0.4, 0.5) is 0 Å². The van der Waals surface area contributed by atoms with Crippen molar-refractivity contribution in [2.45, 2.75) is 12.6 Å². The highest BCUT2D eigenvalue weighted by atomic mass is 16.6. The van der Waals surface area contributed by atoms with Crippen molar-refractivity contribution in [1.29, 1.82) is 0 Å². The smallest absolute Gasteiger partial charge is 0.336 e. The predicted octanol–water partition coefficient (Wildman–Crippen LogP) is 2.73. The standard InChI is InChI=1S/C20H19NO5/c1-23-14-6-7-16-13(8-20(22)26-19(16)9-14)10-21-11-15-12-24-17-4-2-3-5-18(17)25-15/h2-9,15,21H,10-12H2,1H3/t15-/m0/s1. The normalized spacial score (nSPS) is 15.8. The molecule has 0 bridgehead atoms. The van der Waals surface area contributed by atoms with Gasteiger partial charge in [0.1, 0.15) is 24.0 Å². The summed E-state index contributed by atoms with van der Waals surface area (Å²) < 4.78 is 22.1. The van der Waals surface area contributed by atoms with Crippen LogP contribution in [0.5, 0.6) is 17.2 Å². The molecule has 26 heavy (non-hydrogen) atoms. The molecule has 0 amide bonds. The number of nitrogens with one attached hydrogen (secondary N) is 1. The van der Waals surface area contributed by atoms with Gasteiger partial charge in [0, 0.05) is 30.6 Å². The maximum Gasteiger partial charge on any atom is 0.336 e. The lowest BCUT2D eigenvalue weighted by molar-refractivity contribution is 0.0902. The van der Waals surface area contributed by atoms with E-state index >= 15 is 0 Å². The molecule has 1 N–H and O–H groups in total. The van der Waals surface area contributed by atoms with E-state index in [4.69, 9.17) is 18.6 Å². The molecular formula is C20H19NO5. The van der Waals surface area contributed by atoms with Crippen LogP contribution in [0.2, 0.25) is 0 Å². The molecule has 1 atom stereocenters. The van der Waals surface area contributed by atoms with Crippen LogP contribution in [0, 0.1) is 0 Å². The minimum atomic E-state index is -0.381. The second kappa shape index (κ2) is 7.09. The van der Waals surface area contributed by atoms with Gasteiger partial charge in [0.2, 0.25) is 0 Å². The third kappa shape index (κ3) is 3.36. The van der Waals surface area contributed by atoms with Crippen LogP contribution in [-0.2, 0) is 6.54 Å². The third-order valence-electron chi connectivity index (χ3n) is 4.29. The van der Waals surface area contributed by atoms with Gasteiger partial charge in [-0.25, -0.2) is 4.79 Å². The number of para-hydroxylation sites is 2. The molecule has 4 rings (SSSR count). The lowest BCUT2D eigenvalue weighted by atomic mass is 10.1. The van der Waals surface area contributed by atoms with Gasteiger partial charge in [0.25, 0.3) is 0 Å². The van der Waals surface area contributed by atoms with Gasteiger partial charge in [0.05, 0.1) is 7.11 Å². The summed E-state index contributed by atoms with van der Waals surface area (Å²) in [5.41, 5.74) is 1.00. The van der Waals surface area contributed by atoms with E-state index < -0.39 is 0 Å². The van der Waals surface area contributed by atoms with Crippen LogP contribution in [0.15, 0.2) is 57.7 Å². The lowest BCUT2D eigenvalue weighted by Crippen LogP contribution is -2.38. The SMILES string of the molecule is COc1ccc2c(CNC[C@H]3COc4ccccc4O3)cc(=O)oc2c1. The zero-order valence-electron chi connectivity index (χ0n) is 14.4. The summed E-state index contributed by atoms with van der Waals surface area (Å²) in [7, 11) is 1.58. The molecule has 1 aliphatic rings. The molecule has 134 valence electrons. The minimum Gasteiger partial charge on any atom is -0.497 e. The highest BCUT2D eigenvalue weighted by Crippen LogP contribution is 2.30. The summed E-state index contributed by atoms with van der Waals surface area (Å²) in [6, 6.07) is 14.6. The van der Waals surface area contributed by atoms with Crippen molar-refractivity contribution in [1.82, 2.24) is 5.32 Å². The van der Waals surface area contributed by atoms with E-state index in [1.807, 2.05) is 36.4 Å². The topological polar surface area (TPSA) is 69.9 Å². The number of ether oxygens (including phenoxy) is 3. The van der Waals surface area contributed by atoms with Crippen molar-refractivity contribution in [2.75, 3.05) is 20.3 Å². The van der Waals surface area contributed by atoms with Gasteiger partial charge in [-0.05, 0) is 29.8 Å². The fourth-order valence-corrected chi connectivity index (χ4v) is 3.01. The van der Waals surface area contributed by atoms with Crippen molar-refractivity contribution < 1.29 is 18.6 Å². The molecule has 1 aromatic heterocycles. The third-order valence-corrected chi connectivity index (χ3v) is 4.29. The Morgan fingerprint density at radius 2 is 2.00 bits per heavy atom. The average Bonchev–Trinajstić information content (AvgIpc) is 2.67. The Labute approximate surface area is 150 Å². The maximum absolute atomic E-state index is 11.8. The van der Waals surface area contributed by atoms with Crippen LogP contribution in [-0.4, -0.2) is 26.4 Å². The van der Waals surface area contributed by atoms with Crippen molar-refractivity contribution in [2.24, 2.45) is 0 Å². The largest absolute Gasteiger partial charge is 0.497 e. The van der Waals surface area contributed by atoms with Gasteiger partial charge in [-0.3, -0.25) is 0 Å². The molecule has 0 aliphatic carbocycles. The Morgan fingerprint density at radius 1 is 1.15 bits per heavy atom. The number of rotatable bonds is 5. The lowest BCUT2D eigenvalue weighted by Gasteiger charge is -2.26. The van der Waals surface area contributed by atoms with E-state index in [2.05, 4.69) is 5.32 Å². The Morgan fingerprint density at radius 3 is 2.85 bits per heavy atom. The van der Waals surface area contributed by atoms with Crippen molar-refractivity contribution in [3.05, 3.63) is 64.5 Å². The van der Waals surface area contributed by atoms with Crippen molar-refractivity contribution >= 4 is 11.0 Å². The van der Waals surface area contributed by atoms with Gasteiger partial charge in [-0.2, -0.15) is 0 Å². The molecule has 6 nitrogen and oxygen atoms in total. The number of hydrogen-bond acceptors (Lipinski definition) is 6. The molecular weight excluding hydrogens is 334 g/mol. The zero-order chi connectivity index (χ0) is 17.9.